The molecule has 0 radical (unpaired) electrons. The van der Waals surface area contributed by atoms with Gasteiger partial charge in [0, 0.05) is 52.4 Å². The van der Waals surface area contributed by atoms with Crippen molar-refractivity contribution in [3.8, 4) is 0 Å². The van der Waals surface area contributed by atoms with E-state index in [1.54, 1.807) is 7.11 Å². The number of carbonyl (C=O) groups excluding carboxylic acids is 1. The van der Waals surface area contributed by atoms with Gasteiger partial charge in [-0.1, -0.05) is 0 Å². The molecule has 2 aliphatic rings. The molecule has 152 valence electrons. The number of methoxy groups -OCH3 is 1. The summed E-state index contributed by atoms with van der Waals surface area (Å²) in [5, 5.41) is 0. The van der Waals surface area contributed by atoms with Crippen LogP contribution in [0.15, 0.2) is 0 Å². The van der Waals surface area contributed by atoms with E-state index in [2.05, 4.69) is 16.7 Å². The molecule has 0 aromatic rings. The van der Waals surface area contributed by atoms with E-state index in [1.165, 1.54) is 12.8 Å². The number of hydrogen-bond acceptors (Lipinski definition) is 5. The molecule has 6 heteroatoms. The van der Waals surface area contributed by atoms with Crippen LogP contribution >= 0.6 is 0 Å². The molecule has 0 N–H and O–H groups in total. The number of likely N-dealkylation sites (tertiary alicyclic amines) is 1. The quantitative estimate of drug-likeness (QED) is 0.720. The second-order valence-electron chi connectivity index (χ2n) is 8.90. The normalized spacial score (nSPS) is 26.1. The molecule has 2 aliphatic heterocycles. The number of rotatable bonds is 6. The summed E-state index contributed by atoms with van der Waals surface area (Å²) in [7, 11) is 1.77. The predicted octanol–water partition coefficient (Wildman–Crippen LogP) is 2.68. The monoisotopic (exact) mass is 369 g/mol. The molecule has 2 saturated heterocycles. The Kier molecular flexibility index (Phi) is 8.17. The van der Waals surface area contributed by atoms with Crippen molar-refractivity contribution in [1.29, 1.82) is 0 Å². The Labute approximate surface area is 159 Å². The SMILES string of the molecule is COCCN1CCN(CCC2CCCN(C(=O)OC(C)(C)C)C2)CC1C. The number of ether oxygens (including phenoxy) is 2. The summed E-state index contributed by atoms with van der Waals surface area (Å²) in [5.41, 5.74) is -0.414. The molecule has 2 fully saturated rings. The lowest BCUT2D eigenvalue weighted by Crippen LogP contribution is -2.53. The minimum atomic E-state index is -0.414. The van der Waals surface area contributed by atoms with Gasteiger partial charge in [0.15, 0.2) is 0 Å². The third-order valence-corrected chi connectivity index (χ3v) is 5.46. The third kappa shape index (κ3) is 7.05. The number of amides is 1. The van der Waals surface area contributed by atoms with Crippen molar-refractivity contribution in [3.05, 3.63) is 0 Å². The highest BCUT2D eigenvalue weighted by Gasteiger charge is 2.29. The van der Waals surface area contributed by atoms with Crippen LogP contribution in [-0.4, -0.2) is 92.0 Å². The highest BCUT2D eigenvalue weighted by Crippen LogP contribution is 2.22. The second kappa shape index (κ2) is 9.90. The molecule has 2 unspecified atom stereocenters. The molecular weight excluding hydrogens is 330 g/mol. The minimum Gasteiger partial charge on any atom is -0.444 e. The molecule has 0 bridgehead atoms. The third-order valence-electron chi connectivity index (χ3n) is 5.46. The summed E-state index contributed by atoms with van der Waals surface area (Å²) in [5.74, 6) is 0.595. The molecule has 0 saturated carbocycles. The maximum Gasteiger partial charge on any atom is 0.410 e. The van der Waals surface area contributed by atoms with Gasteiger partial charge in [0.2, 0.25) is 0 Å². The molecule has 0 aromatic carbocycles. The van der Waals surface area contributed by atoms with E-state index in [9.17, 15) is 4.79 Å². The summed E-state index contributed by atoms with van der Waals surface area (Å²) in [6, 6.07) is 0.587. The van der Waals surface area contributed by atoms with Gasteiger partial charge >= 0.3 is 6.09 Å². The Morgan fingerprint density at radius 3 is 2.54 bits per heavy atom. The number of piperazine rings is 1. The molecule has 0 aliphatic carbocycles. The van der Waals surface area contributed by atoms with Gasteiger partial charge in [-0.3, -0.25) is 4.90 Å². The number of nitrogens with zero attached hydrogens (tertiary/aromatic N) is 3. The van der Waals surface area contributed by atoms with Crippen LogP contribution in [0.3, 0.4) is 0 Å². The molecular formula is C20H39N3O3. The fourth-order valence-corrected chi connectivity index (χ4v) is 3.97. The molecule has 0 spiro atoms. The van der Waals surface area contributed by atoms with Gasteiger partial charge in [-0.15, -0.1) is 0 Å². The summed E-state index contributed by atoms with van der Waals surface area (Å²) >= 11 is 0. The van der Waals surface area contributed by atoms with Gasteiger partial charge in [-0.2, -0.15) is 0 Å². The first-order chi connectivity index (χ1) is 12.3. The van der Waals surface area contributed by atoms with Gasteiger partial charge in [0.25, 0.3) is 0 Å². The van der Waals surface area contributed by atoms with Crippen molar-refractivity contribution in [2.24, 2.45) is 5.92 Å². The second-order valence-corrected chi connectivity index (χ2v) is 8.90. The Balaban J connectivity index is 1.71. The largest absolute Gasteiger partial charge is 0.444 e. The van der Waals surface area contributed by atoms with Gasteiger partial charge in [-0.25, -0.2) is 4.79 Å². The Morgan fingerprint density at radius 2 is 1.88 bits per heavy atom. The van der Waals surface area contributed by atoms with E-state index in [0.29, 0.717) is 12.0 Å². The summed E-state index contributed by atoms with van der Waals surface area (Å²) in [4.78, 5) is 19.3. The Morgan fingerprint density at radius 1 is 1.12 bits per heavy atom. The molecule has 2 atom stereocenters. The molecule has 26 heavy (non-hydrogen) atoms. The summed E-state index contributed by atoms with van der Waals surface area (Å²) in [6.07, 6.45) is 3.33. The lowest BCUT2D eigenvalue weighted by atomic mass is 9.94. The fraction of sp³-hybridized carbons (Fsp3) is 0.950. The lowest BCUT2D eigenvalue weighted by Gasteiger charge is -2.41. The van der Waals surface area contributed by atoms with Gasteiger partial charge in [0.1, 0.15) is 5.60 Å². The molecule has 2 heterocycles. The number of carbonyl (C=O) groups is 1. The fourth-order valence-electron chi connectivity index (χ4n) is 3.97. The van der Waals surface area contributed by atoms with E-state index in [1.807, 2.05) is 25.7 Å². The number of hydrogen-bond donors (Lipinski definition) is 0. The highest BCUT2D eigenvalue weighted by atomic mass is 16.6. The zero-order valence-corrected chi connectivity index (χ0v) is 17.5. The maximum absolute atomic E-state index is 12.3. The van der Waals surface area contributed by atoms with E-state index >= 15 is 0 Å². The number of piperidine rings is 1. The van der Waals surface area contributed by atoms with Crippen LogP contribution in [0.1, 0.15) is 47.0 Å². The first kappa shape index (κ1) is 21.5. The van der Waals surface area contributed by atoms with Crippen LogP contribution in [-0.2, 0) is 9.47 Å². The predicted molar refractivity (Wildman–Crippen MR) is 104 cm³/mol. The van der Waals surface area contributed by atoms with Gasteiger partial charge in [-0.05, 0) is 59.4 Å². The first-order valence-electron chi connectivity index (χ1n) is 10.2. The minimum absolute atomic E-state index is 0.150. The van der Waals surface area contributed by atoms with Crippen LogP contribution in [0, 0.1) is 5.92 Å². The first-order valence-corrected chi connectivity index (χ1v) is 10.2. The summed E-state index contributed by atoms with van der Waals surface area (Å²) in [6.45, 7) is 16.1. The van der Waals surface area contributed by atoms with Gasteiger partial charge < -0.3 is 19.3 Å². The lowest BCUT2D eigenvalue weighted by molar-refractivity contribution is 0.0145. The van der Waals surface area contributed by atoms with Gasteiger partial charge in [0.05, 0.1) is 6.61 Å². The molecule has 2 rings (SSSR count). The Hall–Kier alpha value is -0.850. The van der Waals surface area contributed by atoms with Crippen molar-refractivity contribution >= 4 is 6.09 Å². The molecule has 1 amide bonds. The van der Waals surface area contributed by atoms with Crippen LogP contribution in [0.2, 0.25) is 0 Å². The standard InChI is InChI=1S/C20H39N3O3/c1-17-15-21(11-12-22(17)13-14-25-5)10-8-18-7-6-9-23(16-18)19(24)26-20(2,3)4/h17-18H,6-16H2,1-5H3. The van der Waals surface area contributed by atoms with Crippen molar-refractivity contribution in [1.82, 2.24) is 14.7 Å². The van der Waals surface area contributed by atoms with Crippen LogP contribution in [0.4, 0.5) is 4.79 Å². The van der Waals surface area contributed by atoms with E-state index < -0.39 is 5.60 Å². The van der Waals surface area contributed by atoms with Crippen LogP contribution in [0.25, 0.3) is 0 Å². The maximum atomic E-state index is 12.3. The summed E-state index contributed by atoms with van der Waals surface area (Å²) < 4.78 is 10.7. The van der Waals surface area contributed by atoms with E-state index in [-0.39, 0.29) is 6.09 Å². The average Bonchev–Trinajstić information content (AvgIpc) is 2.58. The zero-order chi connectivity index (χ0) is 19.2. The van der Waals surface area contributed by atoms with Crippen LogP contribution < -0.4 is 0 Å². The highest BCUT2D eigenvalue weighted by molar-refractivity contribution is 5.68. The van der Waals surface area contributed by atoms with E-state index in [4.69, 9.17) is 9.47 Å². The topological polar surface area (TPSA) is 45.2 Å². The van der Waals surface area contributed by atoms with Crippen LogP contribution in [0.5, 0.6) is 0 Å². The molecule has 6 nitrogen and oxygen atoms in total. The van der Waals surface area contributed by atoms with Crippen molar-refractivity contribution in [2.75, 3.05) is 59.5 Å². The van der Waals surface area contributed by atoms with E-state index in [0.717, 1.165) is 58.8 Å². The van der Waals surface area contributed by atoms with Crippen molar-refractivity contribution in [2.45, 2.75) is 58.6 Å². The molecule has 0 aromatic heterocycles. The average molecular weight is 370 g/mol. The Bertz CT molecular complexity index is 439. The van der Waals surface area contributed by atoms with Crippen molar-refractivity contribution in [3.63, 3.8) is 0 Å². The smallest absolute Gasteiger partial charge is 0.410 e. The van der Waals surface area contributed by atoms with Crippen molar-refractivity contribution < 1.29 is 14.3 Å². The zero-order valence-electron chi connectivity index (χ0n) is 17.5.